The molecular formula is C11H12O3. The lowest BCUT2D eigenvalue weighted by Gasteiger charge is -2.14. The van der Waals surface area contributed by atoms with Crippen molar-refractivity contribution in [1.29, 1.82) is 0 Å². The predicted molar refractivity (Wildman–Crippen MR) is 50.7 cm³/mol. The number of esters is 1. The van der Waals surface area contributed by atoms with Crippen molar-refractivity contribution in [3.05, 3.63) is 35.4 Å². The molecule has 3 nitrogen and oxygen atoms in total. The maximum atomic E-state index is 10.8. The van der Waals surface area contributed by atoms with E-state index in [0.717, 1.165) is 11.1 Å². The maximum Gasteiger partial charge on any atom is 0.303 e. The Morgan fingerprint density at radius 2 is 2.21 bits per heavy atom. The summed E-state index contributed by atoms with van der Waals surface area (Å²) in [6.45, 7) is 1.36. The molecule has 0 radical (unpaired) electrons. The van der Waals surface area contributed by atoms with Gasteiger partial charge in [-0.25, -0.2) is 0 Å². The average Bonchev–Trinajstić information content (AvgIpc) is 2.44. The Morgan fingerprint density at radius 1 is 1.50 bits per heavy atom. The van der Waals surface area contributed by atoms with Crippen molar-refractivity contribution in [3.8, 4) is 0 Å². The summed E-state index contributed by atoms with van der Waals surface area (Å²) in [6.07, 6.45) is -0.475. The lowest BCUT2D eigenvalue weighted by Crippen LogP contribution is -2.20. The van der Waals surface area contributed by atoms with Gasteiger partial charge in [-0.2, -0.15) is 0 Å². The number of fused-ring (bicyclic) bond motifs is 1. The van der Waals surface area contributed by atoms with Crippen molar-refractivity contribution in [3.63, 3.8) is 0 Å². The third-order valence-corrected chi connectivity index (χ3v) is 2.46. The van der Waals surface area contributed by atoms with E-state index in [-0.39, 0.29) is 5.97 Å². The van der Waals surface area contributed by atoms with Crippen LogP contribution < -0.4 is 0 Å². The second kappa shape index (κ2) is 3.42. The number of hydrogen-bond acceptors (Lipinski definition) is 3. The number of ether oxygens (including phenoxy) is 1. The minimum absolute atomic E-state index is 0.346. The van der Waals surface area contributed by atoms with Crippen LogP contribution in [0.15, 0.2) is 24.3 Å². The molecule has 0 saturated carbocycles. The molecule has 74 valence electrons. The van der Waals surface area contributed by atoms with Crippen LogP contribution in [0.4, 0.5) is 0 Å². The van der Waals surface area contributed by atoms with E-state index >= 15 is 0 Å². The Bertz CT molecular complexity index is 359. The highest BCUT2D eigenvalue weighted by Crippen LogP contribution is 2.32. The molecule has 1 aromatic carbocycles. The summed E-state index contributed by atoms with van der Waals surface area (Å²) in [4.78, 5) is 10.8. The van der Waals surface area contributed by atoms with Gasteiger partial charge in [0.25, 0.3) is 0 Å². The lowest BCUT2D eigenvalue weighted by molar-refractivity contribution is -0.151. The van der Waals surface area contributed by atoms with Gasteiger partial charge in [0.2, 0.25) is 0 Å². The molecule has 1 aliphatic carbocycles. The van der Waals surface area contributed by atoms with E-state index in [2.05, 4.69) is 0 Å². The fourth-order valence-corrected chi connectivity index (χ4v) is 1.86. The molecule has 0 heterocycles. The van der Waals surface area contributed by atoms with Gasteiger partial charge >= 0.3 is 5.97 Å². The first-order valence-corrected chi connectivity index (χ1v) is 4.61. The molecule has 2 atom stereocenters. The first kappa shape index (κ1) is 9.21. The highest BCUT2D eigenvalue weighted by molar-refractivity contribution is 5.66. The van der Waals surface area contributed by atoms with Crippen molar-refractivity contribution >= 4 is 5.97 Å². The molecule has 1 aliphatic rings. The molecule has 0 fully saturated rings. The molecule has 14 heavy (non-hydrogen) atoms. The van der Waals surface area contributed by atoms with Crippen LogP contribution in [-0.2, 0) is 16.0 Å². The molecule has 0 unspecified atom stereocenters. The van der Waals surface area contributed by atoms with Crippen molar-refractivity contribution < 1.29 is 14.6 Å². The van der Waals surface area contributed by atoms with Gasteiger partial charge in [0.1, 0.15) is 12.2 Å². The van der Waals surface area contributed by atoms with E-state index in [1.165, 1.54) is 6.92 Å². The summed E-state index contributed by atoms with van der Waals surface area (Å²) < 4.78 is 5.02. The zero-order valence-electron chi connectivity index (χ0n) is 7.93. The Hall–Kier alpha value is -1.35. The summed E-state index contributed by atoms with van der Waals surface area (Å²) in [6, 6.07) is 7.60. The van der Waals surface area contributed by atoms with Crippen molar-refractivity contribution in [2.45, 2.75) is 25.6 Å². The predicted octanol–water partition coefficient (Wildman–Crippen LogP) is 1.21. The summed E-state index contributed by atoms with van der Waals surface area (Å²) in [5.41, 5.74) is 1.94. The van der Waals surface area contributed by atoms with Crippen LogP contribution in [0, 0.1) is 0 Å². The Balaban J connectivity index is 2.21. The quantitative estimate of drug-likeness (QED) is 0.680. The fourth-order valence-electron chi connectivity index (χ4n) is 1.86. The summed E-state index contributed by atoms with van der Waals surface area (Å²) in [7, 11) is 0. The third-order valence-electron chi connectivity index (χ3n) is 2.46. The Morgan fingerprint density at radius 3 is 2.86 bits per heavy atom. The van der Waals surface area contributed by atoms with Crippen LogP contribution in [0.1, 0.15) is 24.2 Å². The largest absolute Gasteiger partial charge is 0.459 e. The zero-order valence-corrected chi connectivity index (χ0v) is 7.93. The number of rotatable bonds is 1. The van der Waals surface area contributed by atoms with E-state index in [0.29, 0.717) is 6.42 Å². The summed E-state index contributed by atoms with van der Waals surface area (Å²) in [5.74, 6) is -0.346. The first-order valence-electron chi connectivity index (χ1n) is 4.61. The molecule has 3 heteroatoms. The van der Waals surface area contributed by atoms with Gasteiger partial charge in [-0.15, -0.1) is 0 Å². The van der Waals surface area contributed by atoms with Gasteiger partial charge in [0.05, 0.1) is 0 Å². The number of hydrogen-bond donors (Lipinski definition) is 1. The van der Waals surface area contributed by atoms with Crippen LogP contribution in [0.25, 0.3) is 0 Å². The number of aliphatic hydroxyl groups is 1. The zero-order chi connectivity index (χ0) is 10.1. The molecule has 1 N–H and O–H groups in total. The molecule has 2 rings (SSSR count). The molecule has 1 aromatic rings. The SMILES string of the molecule is CC(=O)O[C@@H]1Cc2ccccc2[C@@H]1O. The van der Waals surface area contributed by atoms with E-state index < -0.39 is 12.2 Å². The maximum absolute atomic E-state index is 10.8. The van der Waals surface area contributed by atoms with Crippen LogP contribution in [0.2, 0.25) is 0 Å². The smallest absolute Gasteiger partial charge is 0.303 e. The van der Waals surface area contributed by atoms with Crippen LogP contribution >= 0.6 is 0 Å². The molecule has 0 bridgehead atoms. The van der Waals surface area contributed by atoms with Crippen molar-refractivity contribution in [2.75, 3.05) is 0 Å². The lowest BCUT2D eigenvalue weighted by atomic mass is 10.1. The van der Waals surface area contributed by atoms with Crippen LogP contribution in [0.3, 0.4) is 0 Å². The summed E-state index contributed by atoms with van der Waals surface area (Å²) >= 11 is 0. The number of carbonyl (C=O) groups is 1. The number of carbonyl (C=O) groups excluding carboxylic acids is 1. The van der Waals surface area contributed by atoms with E-state index in [1.54, 1.807) is 0 Å². The molecule has 0 saturated heterocycles. The standard InChI is InChI=1S/C11H12O3/c1-7(12)14-10-6-8-4-2-3-5-9(8)11(10)13/h2-5,10-11,13H,6H2,1H3/t10-,11+/m1/s1. The van der Waals surface area contributed by atoms with Crippen LogP contribution in [0.5, 0.6) is 0 Å². The second-order valence-corrected chi connectivity index (χ2v) is 3.50. The molecule has 0 aromatic heterocycles. The number of aliphatic hydroxyl groups excluding tert-OH is 1. The minimum Gasteiger partial charge on any atom is -0.459 e. The Labute approximate surface area is 82.3 Å². The highest BCUT2D eigenvalue weighted by Gasteiger charge is 2.32. The second-order valence-electron chi connectivity index (χ2n) is 3.50. The van der Waals surface area contributed by atoms with E-state index in [1.807, 2.05) is 24.3 Å². The third kappa shape index (κ3) is 1.51. The first-order chi connectivity index (χ1) is 6.68. The highest BCUT2D eigenvalue weighted by atomic mass is 16.6. The molecular weight excluding hydrogens is 180 g/mol. The van der Waals surface area contributed by atoms with Crippen LogP contribution in [-0.4, -0.2) is 17.2 Å². The van der Waals surface area contributed by atoms with Gasteiger partial charge < -0.3 is 9.84 Å². The fraction of sp³-hybridized carbons (Fsp3) is 0.364. The van der Waals surface area contributed by atoms with Gasteiger partial charge in [-0.1, -0.05) is 24.3 Å². The van der Waals surface area contributed by atoms with Crippen molar-refractivity contribution in [1.82, 2.24) is 0 Å². The van der Waals surface area contributed by atoms with Gasteiger partial charge in [0.15, 0.2) is 0 Å². The minimum atomic E-state index is -0.671. The molecule has 0 aliphatic heterocycles. The van der Waals surface area contributed by atoms with Gasteiger partial charge in [0, 0.05) is 13.3 Å². The Kier molecular flexibility index (Phi) is 2.25. The summed E-state index contributed by atoms with van der Waals surface area (Å²) in [5, 5.41) is 9.81. The van der Waals surface area contributed by atoms with Gasteiger partial charge in [-0.3, -0.25) is 4.79 Å². The van der Waals surface area contributed by atoms with Crippen molar-refractivity contribution in [2.24, 2.45) is 0 Å². The number of benzene rings is 1. The monoisotopic (exact) mass is 192 g/mol. The van der Waals surface area contributed by atoms with Gasteiger partial charge in [-0.05, 0) is 11.1 Å². The van der Waals surface area contributed by atoms with E-state index in [4.69, 9.17) is 4.74 Å². The normalized spacial score (nSPS) is 24.4. The molecule has 0 amide bonds. The average molecular weight is 192 g/mol. The van der Waals surface area contributed by atoms with E-state index in [9.17, 15) is 9.90 Å². The topological polar surface area (TPSA) is 46.5 Å². The molecule has 0 spiro atoms.